The number of likely N-dealkylation sites (N-methyl/N-ethyl adjacent to an activating group) is 1. The molecule has 128 valence electrons. The summed E-state index contributed by atoms with van der Waals surface area (Å²) in [7, 11) is 0. The van der Waals surface area contributed by atoms with E-state index in [1.54, 1.807) is 0 Å². The normalized spacial score (nSPS) is 19.2. The number of likely N-dealkylation sites (tertiary alicyclic amines) is 1. The molecule has 1 unspecified atom stereocenters. The summed E-state index contributed by atoms with van der Waals surface area (Å²) in [4.78, 5) is 6.93. The minimum atomic E-state index is 0.534. The Kier molecular flexibility index (Phi) is 7.36. The molecule has 1 heterocycles. The third kappa shape index (κ3) is 5.84. The van der Waals surface area contributed by atoms with Crippen LogP contribution in [0, 0.1) is 0 Å². The third-order valence-electron chi connectivity index (χ3n) is 4.35. The summed E-state index contributed by atoms with van der Waals surface area (Å²) in [5, 5.41) is 3.26. The molecule has 1 atom stereocenters. The van der Waals surface area contributed by atoms with Gasteiger partial charge in [0.2, 0.25) is 0 Å². The molecule has 1 aromatic rings. The Morgan fingerprint density at radius 3 is 2.74 bits per heavy atom. The Bertz CT molecular complexity index is 486. The van der Waals surface area contributed by atoms with Crippen LogP contribution in [0.4, 0.5) is 0 Å². The second kappa shape index (κ2) is 9.53. The highest BCUT2D eigenvalue weighted by Gasteiger charge is 2.22. The quantitative estimate of drug-likeness (QED) is 0.569. The number of nitrogens with two attached hydrogens (primary N) is 1. The zero-order chi connectivity index (χ0) is 16.5. The van der Waals surface area contributed by atoms with Crippen LogP contribution < -0.4 is 11.1 Å². The summed E-state index contributed by atoms with van der Waals surface area (Å²) in [5.41, 5.74) is 8.33. The first kappa shape index (κ1) is 17.8. The van der Waals surface area contributed by atoms with Crippen LogP contribution in [0.5, 0.6) is 0 Å². The number of ether oxygens (including phenoxy) is 1. The molecule has 0 amide bonds. The molecular weight excluding hydrogens is 288 g/mol. The van der Waals surface area contributed by atoms with Gasteiger partial charge in [-0.1, -0.05) is 31.2 Å². The highest BCUT2D eigenvalue weighted by atomic mass is 16.5. The molecule has 1 aliphatic heterocycles. The van der Waals surface area contributed by atoms with Crippen LogP contribution in [0.15, 0.2) is 29.3 Å². The number of rotatable bonds is 8. The van der Waals surface area contributed by atoms with E-state index < -0.39 is 0 Å². The number of benzene rings is 1. The fourth-order valence-corrected chi connectivity index (χ4v) is 2.96. The van der Waals surface area contributed by atoms with Crippen molar-refractivity contribution in [2.45, 2.75) is 45.9 Å². The first-order valence-electron chi connectivity index (χ1n) is 8.66. The lowest BCUT2D eigenvalue weighted by molar-refractivity contribution is 0.134. The van der Waals surface area contributed by atoms with Crippen molar-refractivity contribution >= 4 is 5.96 Å². The van der Waals surface area contributed by atoms with Crippen LogP contribution in [0.2, 0.25) is 0 Å². The molecule has 0 bridgehead atoms. The summed E-state index contributed by atoms with van der Waals surface area (Å²) in [6.07, 6.45) is 2.53. The van der Waals surface area contributed by atoms with E-state index in [2.05, 4.69) is 46.4 Å². The van der Waals surface area contributed by atoms with Gasteiger partial charge in [0, 0.05) is 19.2 Å². The molecule has 1 aliphatic rings. The predicted octanol–water partition coefficient (Wildman–Crippen LogP) is 2.11. The van der Waals surface area contributed by atoms with E-state index in [0.29, 0.717) is 25.2 Å². The van der Waals surface area contributed by atoms with Gasteiger partial charge in [0.1, 0.15) is 0 Å². The average Bonchev–Trinajstić information content (AvgIpc) is 3.04. The van der Waals surface area contributed by atoms with Crippen molar-refractivity contribution in [3.8, 4) is 0 Å². The van der Waals surface area contributed by atoms with Gasteiger partial charge in [-0.25, -0.2) is 4.99 Å². The number of hydrogen-bond acceptors (Lipinski definition) is 3. The van der Waals surface area contributed by atoms with Gasteiger partial charge in [0.25, 0.3) is 0 Å². The van der Waals surface area contributed by atoms with Gasteiger partial charge in [0.15, 0.2) is 5.96 Å². The van der Waals surface area contributed by atoms with Crippen molar-refractivity contribution in [1.82, 2.24) is 10.2 Å². The standard InChI is InChI=1S/C18H30N4O/c1-3-22-11-5-6-17(22)13-21-18(19)20-12-15-7-9-16(10-8-15)14-23-4-2/h7-10,17H,3-6,11-14H2,1-2H3,(H3,19,20,21). The first-order valence-corrected chi connectivity index (χ1v) is 8.66. The Labute approximate surface area is 139 Å². The van der Waals surface area contributed by atoms with E-state index in [1.807, 2.05) is 6.92 Å². The summed E-state index contributed by atoms with van der Waals surface area (Å²) in [5.74, 6) is 0.534. The number of nitrogens with one attached hydrogen (secondary N) is 1. The van der Waals surface area contributed by atoms with Gasteiger partial charge < -0.3 is 15.8 Å². The number of aliphatic imine (C=N–C) groups is 1. The Morgan fingerprint density at radius 1 is 1.30 bits per heavy atom. The zero-order valence-electron chi connectivity index (χ0n) is 14.4. The molecule has 23 heavy (non-hydrogen) atoms. The molecule has 5 heteroatoms. The summed E-state index contributed by atoms with van der Waals surface area (Å²) in [6, 6.07) is 8.93. The smallest absolute Gasteiger partial charge is 0.188 e. The fourth-order valence-electron chi connectivity index (χ4n) is 2.96. The minimum Gasteiger partial charge on any atom is -0.377 e. The van der Waals surface area contributed by atoms with E-state index in [0.717, 1.165) is 25.3 Å². The van der Waals surface area contributed by atoms with Gasteiger partial charge in [0.05, 0.1) is 13.2 Å². The maximum atomic E-state index is 5.98. The minimum absolute atomic E-state index is 0.534. The van der Waals surface area contributed by atoms with E-state index in [4.69, 9.17) is 10.5 Å². The SMILES string of the molecule is CCOCc1ccc(CN=C(N)NCC2CCCN2CC)cc1. The van der Waals surface area contributed by atoms with Gasteiger partial charge in [-0.05, 0) is 44.0 Å². The van der Waals surface area contributed by atoms with E-state index >= 15 is 0 Å². The molecule has 0 aliphatic carbocycles. The van der Waals surface area contributed by atoms with E-state index in [9.17, 15) is 0 Å². The van der Waals surface area contributed by atoms with E-state index in [1.165, 1.54) is 24.9 Å². The van der Waals surface area contributed by atoms with E-state index in [-0.39, 0.29) is 0 Å². The second-order valence-electron chi connectivity index (χ2n) is 5.96. The number of guanidine groups is 1. The van der Waals surface area contributed by atoms with Crippen molar-refractivity contribution in [2.75, 3.05) is 26.2 Å². The lowest BCUT2D eigenvalue weighted by Crippen LogP contribution is -2.42. The molecule has 1 aromatic carbocycles. The summed E-state index contributed by atoms with van der Waals surface area (Å²) in [6.45, 7) is 9.43. The first-order chi connectivity index (χ1) is 11.2. The monoisotopic (exact) mass is 318 g/mol. The number of nitrogens with zero attached hydrogens (tertiary/aromatic N) is 2. The second-order valence-corrected chi connectivity index (χ2v) is 5.96. The van der Waals surface area contributed by atoms with Gasteiger partial charge in [-0.3, -0.25) is 4.90 Å². The molecule has 2 rings (SSSR count). The lowest BCUT2D eigenvalue weighted by Gasteiger charge is -2.23. The molecule has 0 saturated carbocycles. The molecule has 5 nitrogen and oxygen atoms in total. The zero-order valence-corrected chi connectivity index (χ0v) is 14.4. The number of hydrogen-bond donors (Lipinski definition) is 2. The lowest BCUT2D eigenvalue weighted by atomic mass is 10.1. The van der Waals surface area contributed by atoms with Crippen LogP contribution >= 0.6 is 0 Å². The molecule has 1 saturated heterocycles. The summed E-state index contributed by atoms with van der Waals surface area (Å²) < 4.78 is 5.39. The highest BCUT2D eigenvalue weighted by molar-refractivity contribution is 5.77. The molecule has 3 N–H and O–H groups in total. The van der Waals surface area contributed by atoms with Crippen LogP contribution in [-0.4, -0.2) is 43.1 Å². The molecule has 0 spiro atoms. The maximum absolute atomic E-state index is 5.98. The van der Waals surface area contributed by atoms with Crippen molar-refractivity contribution in [2.24, 2.45) is 10.7 Å². The van der Waals surface area contributed by atoms with Crippen molar-refractivity contribution in [1.29, 1.82) is 0 Å². The van der Waals surface area contributed by atoms with Crippen LogP contribution in [0.1, 0.15) is 37.8 Å². The average molecular weight is 318 g/mol. The predicted molar refractivity (Wildman–Crippen MR) is 95.4 cm³/mol. The van der Waals surface area contributed by atoms with Crippen molar-refractivity contribution < 1.29 is 4.74 Å². The maximum Gasteiger partial charge on any atom is 0.188 e. The van der Waals surface area contributed by atoms with Gasteiger partial charge in [-0.15, -0.1) is 0 Å². The topological polar surface area (TPSA) is 62.9 Å². The summed E-state index contributed by atoms with van der Waals surface area (Å²) >= 11 is 0. The Balaban J connectivity index is 1.75. The van der Waals surface area contributed by atoms with Gasteiger partial charge in [-0.2, -0.15) is 0 Å². The molecule has 0 aromatic heterocycles. The highest BCUT2D eigenvalue weighted by Crippen LogP contribution is 2.15. The van der Waals surface area contributed by atoms with Crippen LogP contribution in [-0.2, 0) is 17.9 Å². The Morgan fingerprint density at radius 2 is 2.04 bits per heavy atom. The van der Waals surface area contributed by atoms with Crippen LogP contribution in [0.25, 0.3) is 0 Å². The van der Waals surface area contributed by atoms with Crippen molar-refractivity contribution in [3.63, 3.8) is 0 Å². The molecular formula is C18H30N4O. The largest absolute Gasteiger partial charge is 0.377 e. The van der Waals surface area contributed by atoms with Crippen LogP contribution in [0.3, 0.4) is 0 Å². The van der Waals surface area contributed by atoms with Gasteiger partial charge >= 0.3 is 0 Å². The Hall–Kier alpha value is -1.59. The van der Waals surface area contributed by atoms with Crippen molar-refractivity contribution in [3.05, 3.63) is 35.4 Å². The molecule has 0 radical (unpaired) electrons. The fraction of sp³-hybridized carbons (Fsp3) is 0.611. The third-order valence-corrected chi connectivity index (χ3v) is 4.35. The molecule has 1 fully saturated rings.